The van der Waals surface area contributed by atoms with Gasteiger partial charge in [0.15, 0.2) is 0 Å². The van der Waals surface area contributed by atoms with Gasteiger partial charge in [-0.3, -0.25) is 15.0 Å². The minimum atomic E-state index is -1.06. The van der Waals surface area contributed by atoms with E-state index in [9.17, 15) is 9.90 Å². The number of rotatable bonds is 3. The molecular formula is C14H11N5O2. The second-order valence-corrected chi connectivity index (χ2v) is 4.34. The molecule has 0 amide bonds. The van der Waals surface area contributed by atoms with Crippen molar-refractivity contribution < 1.29 is 9.90 Å². The Kier molecular flexibility index (Phi) is 3.15. The van der Waals surface area contributed by atoms with Crippen molar-refractivity contribution in [2.75, 3.05) is 0 Å². The molecule has 0 spiro atoms. The summed E-state index contributed by atoms with van der Waals surface area (Å²) in [4.78, 5) is 23.7. The van der Waals surface area contributed by atoms with E-state index < -0.39 is 5.97 Å². The molecule has 3 aromatic heterocycles. The molecule has 0 aliphatic carbocycles. The molecule has 21 heavy (non-hydrogen) atoms. The zero-order chi connectivity index (χ0) is 14.8. The highest BCUT2D eigenvalue weighted by Gasteiger charge is 2.20. The molecule has 1 N–H and O–H groups in total. The van der Waals surface area contributed by atoms with Crippen molar-refractivity contribution in [3.05, 3.63) is 54.4 Å². The van der Waals surface area contributed by atoms with Crippen LogP contribution in [-0.2, 0) is 0 Å². The van der Waals surface area contributed by atoms with Gasteiger partial charge in [0.1, 0.15) is 17.0 Å². The monoisotopic (exact) mass is 281 g/mol. The molecule has 0 aromatic carbocycles. The van der Waals surface area contributed by atoms with Gasteiger partial charge in [-0.25, -0.2) is 9.48 Å². The van der Waals surface area contributed by atoms with Crippen LogP contribution in [0.5, 0.6) is 0 Å². The van der Waals surface area contributed by atoms with Crippen molar-refractivity contribution >= 4 is 5.97 Å². The van der Waals surface area contributed by atoms with Crippen LogP contribution < -0.4 is 0 Å². The van der Waals surface area contributed by atoms with E-state index in [-0.39, 0.29) is 5.56 Å². The Morgan fingerprint density at radius 1 is 1.10 bits per heavy atom. The molecule has 0 unspecified atom stereocenters. The highest BCUT2D eigenvalue weighted by Crippen LogP contribution is 2.23. The van der Waals surface area contributed by atoms with Gasteiger partial charge in [-0.1, -0.05) is 0 Å². The van der Waals surface area contributed by atoms with Gasteiger partial charge in [0.2, 0.25) is 0 Å². The lowest BCUT2D eigenvalue weighted by Gasteiger charge is -2.01. The normalized spacial score (nSPS) is 10.5. The Morgan fingerprint density at radius 3 is 2.48 bits per heavy atom. The SMILES string of the molecule is Cc1nccnc1-c1nn(-c2ccncc2)cc1C(=O)O. The van der Waals surface area contributed by atoms with Gasteiger partial charge in [-0.2, -0.15) is 5.10 Å². The van der Waals surface area contributed by atoms with Crippen molar-refractivity contribution in [3.63, 3.8) is 0 Å². The first kappa shape index (κ1) is 12.9. The molecule has 0 saturated carbocycles. The summed E-state index contributed by atoms with van der Waals surface area (Å²) in [6, 6.07) is 3.48. The number of carboxylic acids is 1. The topological polar surface area (TPSA) is 93.8 Å². The average Bonchev–Trinajstić information content (AvgIpc) is 2.94. The maximum Gasteiger partial charge on any atom is 0.339 e. The average molecular weight is 281 g/mol. The summed E-state index contributed by atoms with van der Waals surface area (Å²) in [5.41, 5.74) is 2.18. The number of hydrogen-bond acceptors (Lipinski definition) is 5. The molecule has 0 atom stereocenters. The number of aromatic nitrogens is 5. The van der Waals surface area contributed by atoms with Crippen LogP contribution in [0.4, 0.5) is 0 Å². The Bertz CT molecular complexity index is 798. The van der Waals surface area contributed by atoms with Gasteiger partial charge in [0.25, 0.3) is 0 Å². The van der Waals surface area contributed by atoms with Crippen LogP contribution in [0.3, 0.4) is 0 Å². The molecule has 0 fully saturated rings. The van der Waals surface area contributed by atoms with Crippen molar-refractivity contribution in [2.45, 2.75) is 6.92 Å². The first-order valence-electron chi connectivity index (χ1n) is 6.18. The van der Waals surface area contributed by atoms with Crippen molar-refractivity contribution in [1.82, 2.24) is 24.7 Å². The van der Waals surface area contributed by atoms with Gasteiger partial charge >= 0.3 is 5.97 Å². The summed E-state index contributed by atoms with van der Waals surface area (Å²) in [6.45, 7) is 1.76. The molecule has 7 heteroatoms. The number of aryl methyl sites for hydroxylation is 1. The molecule has 3 heterocycles. The standard InChI is InChI=1S/C14H11N5O2/c1-9-12(17-7-6-16-9)13-11(14(20)21)8-19(18-13)10-2-4-15-5-3-10/h2-8H,1H3,(H,20,21). The molecule has 0 aliphatic heterocycles. The molecule has 0 aliphatic rings. The summed E-state index contributed by atoms with van der Waals surface area (Å²) in [5, 5.41) is 13.7. The summed E-state index contributed by atoms with van der Waals surface area (Å²) >= 11 is 0. The van der Waals surface area contributed by atoms with E-state index >= 15 is 0 Å². The fourth-order valence-corrected chi connectivity index (χ4v) is 1.97. The van der Waals surface area contributed by atoms with Crippen molar-refractivity contribution in [3.8, 4) is 17.1 Å². The van der Waals surface area contributed by atoms with Crippen LogP contribution >= 0.6 is 0 Å². The number of carboxylic acid groups (broad SMARTS) is 1. The van der Waals surface area contributed by atoms with Crippen molar-refractivity contribution in [1.29, 1.82) is 0 Å². The van der Waals surface area contributed by atoms with E-state index in [0.717, 1.165) is 5.69 Å². The molecular weight excluding hydrogens is 270 g/mol. The third kappa shape index (κ3) is 2.36. The van der Waals surface area contributed by atoms with Gasteiger partial charge in [-0.05, 0) is 19.1 Å². The molecule has 7 nitrogen and oxygen atoms in total. The van der Waals surface area contributed by atoms with E-state index in [0.29, 0.717) is 17.1 Å². The Hall–Kier alpha value is -3.09. The third-order valence-corrected chi connectivity index (χ3v) is 2.98. The summed E-state index contributed by atoms with van der Waals surface area (Å²) in [6.07, 6.45) is 7.76. The molecule has 3 rings (SSSR count). The predicted octanol–water partition coefficient (Wildman–Crippen LogP) is 1.73. The number of nitrogens with zero attached hydrogens (tertiary/aromatic N) is 5. The zero-order valence-corrected chi connectivity index (χ0v) is 11.1. The molecule has 0 bridgehead atoms. The van der Waals surface area contributed by atoms with Crippen LogP contribution in [0.25, 0.3) is 17.1 Å². The lowest BCUT2D eigenvalue weighted by atomic mass is 10.1. The van der Waals surface area contributed by atoms with E-state index in [1.54, 1.807) is 37.6 Å². The van der Waals surface area contributed by atoms with Crippen LogP contribution in [0, 0.1) is 6.92 Å². The zero-order valence-electron chi connectivity index (χ0n) is 11.1. The number of carbonyl (C=O) groups is 1. The second-order valence-electron chi connectivity index (χ2n) is 4.34. The molecule has 0 radical (unpaired) electrons. The minimum Gasteiger partial charge on any atom is -0.478 e. The van der Waals surface area contributed by atoms with E-state index in [2.05, 4.69) is 20.1 Å². The number of hydrogen-bond donors (Lipinski definition) is 1. The Balaban J connectivity index is 2.19. The quantitative estimate of drug-likeness (QED) is 0.785. The van der Waals surface area contributed by atoms with Crippen LogP contribution in [-0.4, -0.2) is 35.8 Å². The first-order valence-corrected chi connectivity index (χ1v) is 6.18. The van der Waals surface area contributed by atoms with Crippen LogP contribution in [0.1, 0.15) is 16.1 Å². The van der Waals surface area contributed by atoms with Gasteiger partial charge in [0.05, 0.1) is 11.4 Å². The smallest absolute Gasteiger partial charge is 0.339 e. The maximum absolute atomic E-state index is 11.4. The third-order valence-electron chi connectivity index (χ3n) is 2.98. The fraction of sp³-hybridized carbons (Fsp3) is 0.0714. The molecule has 104 valence electrons. The number of pyridine rings is 1. The van der Waals surface area contributed by atoms with Gasteiger partial charge < -0.3 is 5.11 Å². The van der Waals surface area contributed by atoms with Crippen LogP contribution in [0.2, 0.25) is 0 Å². The van der Waals surface area contributed by atoms with E-state index in [1.807, 2.05) is 0 Å². The predicted molar refractivity (Wildman–Crippen MR) is 74.1 cm³/mol. The number of aromatic carboxylic acids is 1. The lowest BCUT2D eigenvalue weighted by Crippen LogP contribution is -2.00. The fourth-order valence-electron chi connectivity index (χ4n) is 1.97. The lowest BCUT2D eigenvalue weighted by molar-refractivity contribution is 0.0697. The largest absolute Gasteiger partial charge is 0.478 e. The minimum absolute atomic E-state index is 0.0791. The summed E-state index contributed by atoms with van der Waals surface area (Å²) < 4.78 is 1.49. The Morgan fingerprint density at radius 2 is 1.81 bits per heavy atom. The van der Waals surface area contributed by atoms with Crippen molar-refractivity contribution in [2.24, 2.45) is 0 Å². The first-order chi connectivity index (χ1) is 10.2. The van der Waals surface area contributed by atoms with E-state index in [1.165, 1.54) is 17.1 Å². The van der Waals surface area contributed by atoms with Gasteiger partial charge in [0, 0.05) is 31.0 Å². The molecule has 0 saturated heterocycles. The second kappa shape index (κ2) is 5.12. The Labute approximate surface area is 119 Å². The van der Waals surface area contributed by atoms with Crippen LogP contribution in [0.15, 0.2) is 43.1 Å². The van der Waals surface area contributed by atoms with Gasteiger partial charge in [-0.15, -0.1) is 0 Å². The highest BCUT2D eigenvalue weighted by atomic mass is 16.4. The van der Waals surface area contributed by atoms with E-state index in [4.69, 9.17) is 0 Å². The maximum atomic E-state index is 11.4. The summed E-state index contributed by atoms with van der Waals surface area (Å²) in [5.74, 6) is -1.06. The molecule has 3 aromatic rings. The highest BCUT2D eigenvalue weighted by molar-refractivity contribution is 5.94. The summed E-state index contributed by atoms with van der Waals surface area (Å²) in [7, 11) is 0.